The van der Waals surface area contributed by atoms with Crippen molar-refractivity contribution in [3.63, 3.8) is 0 Å². The molecular weight excluding hydrogens is 751 g/mol. The van der Waals surface area contributed by atoms with Crippen LogP contribution in [0.1, 0.15) is 206 Å². The lowest BCUT2D eigenvalue weighted by molar-refractivity contribution is -0.870. The molecule has 0 aromatic carbocycles. The maximum atomic E-state index is 10.9. The first-order valence-electron chi connectivity index (χ1n) is 24.3. The zero-order chi connectivity index (χ0) is 44.1. The molecule has 0 heterocycles. The molecule has 354 valence electrons. The highest BCUT2D eigenvalue weighted by molar-refractivity contribution is 7.43. The van der Waals surface area contributed by atoms with Gasteiger partial charge in [-0.1, -0.05) is 194 Å². The highest BCUT2D eigenvalue weighted by Gasteiger charge is 2.11. The molecule has 1 atom stereocenters. The molecule has 0 spiro atoms. The van der Waals surface area contributed by atoms with Crippen molar-refractivity contribution in [1.29, 1.82) is 0 Å². The number of ether oxygens (including phenoxy) is 2. The summed E-state index contributed by atoms with van der Waals surface area (Å²) in [5.41, 5.74) is 0. The number of phosphoric ester groups is 1. The lowest BCUT2D eigenvalue weighted by Crippen LogP contribution is -2.36. The van der Waals surface area contributed by atoms with Crippen LogP contribution >= 0.6 is 7.82 Å². The maximum Gasteiger partial charge on any atom is 0.104 e. The van der Waals surface area contributed by atoms with Crippen molar-refractivity contribution in [1.82, 2.24) is 0 Å². The fourth-order valence-corrected chi connectivity index (χ4v) is 6.78. The van der Waals surface area contributed by atoms with Crippen molar-refractivity contribution in [3.8, 4) is 0 Å². The zero-order valence-corrected chi connectivity index (χ0v) is 41.0. The summed E-state index contributed by atoms with van der Waals surface area (Å²) in [5.74, 6) is 0. The van der Waals surface area contributed by atoms with Gasteiger partial charge in [0.1, 0.15) is 19.2 Å². The molecule has 0 amide bonds. The quantitative estimate of drug-likeness (QED) is 0.0353. The fourth-order valence-electron chi connectivity index (χ4n) is 6.43. The van der Waals surface area contributed by atoms with E-state index in [4.69, 9.17) is 19.7 Å². The minimum Gasteiger partial charge on any atom is -0.790 e. The number of aliphatic hydroxyl groups is 2. The second-order valence-corrected chi connectivity index (χ2v) is 19.8. The van der Waals surface area contributed by atoms with E-state index in [0.717, 1.165) is 47.7 Å². The Balaban J connectivity index is -0.00000182. The Morgan fingerprint density at radius 1 is 0.448 bits per heavy atom. The van der Waals surface area contributed by atoms with Crippen LogP contribution in [0.2, 0.25) is 0 Å². The van der Waals surface area contributed by atoms with E-state index in [-0.39, 0.29) is 26.4 Å². The first-order valence-corrected chi connectivity index (χ1v) is 25.8. The van der Waals surface area contributed by atoms with Gasteiger partial charge in [0.05, 0.1) is 76.5 Å². The van der Waals surface area contributed by atoms with Gasteiger partial charge in [0.25, 0.3) is 0 Å². The van der Waals surface area contributed by atoms with Gasteiger partial charge in [-0.3, -0.25) is 0 Å². The van der Waals surface area contributed by atoms with Gasteiger partial charge in [0.15, 0.2) is 0 Å². The van der Waals surface area contributed by atoms with Gasteiger partial charge in [0, 0.05) is 13.2 Å². The molecule has 0 aromatic rings. The van der Waals surface area contributed by atoms with Crippen LogP contribution in [-0.4, -0.2) is 120 Å². The highest BCUT2D eigenvalue weighted by Crippen LogP contribution is 2.25. The Morgan fingerprint density at radius 2 is 0.724 bits per heavy atom. The summed E-state index contributed by atoms with van der Waals surface area (Å²) in [6.07, 6.45) is 39.0. The Labute approximate surface area is 362 Å². The molecule has 0 aliphatic carbocycles. The molecule has 0 aliphatic rings. The molecular formula is C47H103N2O8P. The van der Waals surface area contributed by atoms with Gasteiger partial charge in [-0.2, -0.15) is 0 Å². The van der Waals surface area contributed by atoms with Crippen molar-refractivity contribution >= 4 is 7.82 Å². The van der Waals surface area contributed by atoms with E-state index in [1.54, 1.807) is 0 Å². The SMILES string of the molecule is CCCCCCCCCCCCCCCCCCOCC(COP(=O)([O-])[O-])OCCCCCCCCCCCCCCCC.C[N+](C)(C)CCO.C[N+](C)(C)CCO. The van der Waals surface area contributed by atoms with E-state index in [1.165, 1.54) is 167 Å². The van der Waals surface area contributed by atoms with Gasteiger partial charge in [0.2, 0.25) is 0 Å². The summed E-state index contributed by atoms with van der Waals surface area (Å²) >= 11 is 0. The molecule has 0 aliphatic heterocycles. The van der Waals surface area contributed by atoms with Crippen LogP contribution in [0, 0.1) is 0 Å². The number of hydrogen-bond acceptors (Lipinski definition) is 8. The lowest BCUT2D eigenvalue weighted by Gasteiger charge is -2.30. The third kappa shape index (κ3) is 65.0. The Hall–Kier alpha value is -0.130. The second-order valence-electron chi connectivity index (χ2n) is 18.7. The minimum absolute atomic E-state index is 0.261. The summed E-state index contributed by atoms with van der Waals surface area (Å²) in [4.78, 5) is 21.9. The topological polar surface area (TPSA) is 131 Å². The first-order chi connectivity index (χ1) is 27.6. The van der Waals surface area contributed by atoms with Crippen molar-refractivity contribution in [2.75, 3.05) is 95.0 Å². The van der Waals surface area contributed by atoms with Crippen LogP contribution in [0.4, 0.5) is 0 Å². The second kappa shape index (κ2) is 46.4. The summed E-state index contributed by atoms with van der Waals surface area (Å²) in [7, 11) is 7.30. The largest absolute Gasteiger partial charge is 0.790 e. The van der Waals surface area contributed by atoms with E-state index in [1.807, 2.05) is 0 Å². The number of hydrogen-bond donors (Lipinski definition) is 2. The van der Waals surface area contributed by atoms with Gasteiger partial charge in [-0.15, -0.1) is 0 Å². The van der Waals surface area contributed by atoms with E-state index < -0.39 is 13.9 Å². The summed E-state index contributed by atoms with van der Waals surface area (Å²) in [5, 5.41) is 16.8. The predicted molar refractivity (Wildman–Crippen MR) is 244 cm³/mol. The molecule has 0 aromatic heterocycles. The lowest BCUT2D eigenvalue weighted by atomic mass is 10.0. The number of quaternary nitrogens is 2. The van der Waals surface area contributed by atoms with Crippen molar-refractivity contribution in [3.05, 3.63) is 0 Å². The minimum atomic E-state index is -5.01. The molecule has 0 rings (SSSR count). The van der Waals surface area contributed by atoms with Gasteiger partial charge in [-0.05, 0) is 12.8 Å². The molecule has 2 N–H and O–H groups in total. The average Bonchev–Trinajstić information content (AvgIpc) is 3.13. The van der Waals surface area contributed by atoms with E-state index in [2.05, 4.69) is 60.7 Å². The summed E-state index contributed by atoms with van der Waals surface area (Å²) in [6, 6.07) is 0. The van der Waals surface area contributed by atoms with Crippen LogP contribution in [0.5, 0.6) is 0 Å². The summed E-state index contributed by atoms with van der Waals surface area (Å²) < 4.78 is 28.7. The fraction of sp³-hybridized carbons (Fsp3) is 1.00. The smallest absolute Gasteiger partial charge is 0.104 e. The third-order valence-electron chi connectivity index (χ3n) is 10.3. The molecule has 0 bridgehead atoms. The van der Waals surface area contributed by atoms with Crippen LogP contribution in [0.3, 0.4) is 0 Å². The van der Waals surface area contributed by atoms with Crippen LogP contribution in [0.15, 0.2) is 0 Å². The standard InChI is InChI=1S/C37H77O6P.2C5H14NO/c1-3-5-7-9-11-13-15-17-19-20-21-23-25-27-29-31-33-41-35-37(36-43-44(38,39)40)42-34-32-30-28-26-24-22-18-16-14-12-10-8-6-4-2;2*1-6(2,3)4-5-7/h37H,3-36H2,1-2H3,(H2,38,39,40);2*7H,4-5H2,1-3H3/q;2*+1/p-2. The predicted octanol–water partition coefficient (Wildman–Crippen LogP) is 10.3. The number of nitrogens with zero attached hydrogens (tertiary/aromatic N) is 2. The third-order valence-corrected chi connectivity index (χ3v) is 10.7. The summed E-state index contributed by atoms with van der Waals surface area (Å²) in [6.45, 7) is 7.94. The zero-order valence-electron chi connectivity index (χ0n) is 40.1. The molecule has 1 unspecified atom stereocenters. The van der Waals surface area contributed by atoms with Crippen LogP contribution in [-0.2, 0) is 18.6 Å². The van der Waals surface area contributed by atoms with Gasteiger partial charge < -0.3 is 47.5 Å². The Bertz CT molecular complexity index is 804. The molecule has 0 saturated heterocycles. The molecule has 11 heteroatoms. The number of likely N-dealkylation sites (N-methyl/N-ethyl adjacent to an activating group) is 2. The highest BCUT2D eigenvalue weighted by atomic mass is 31.2. The number of rotatable bonds is 42. The van der Waals surface area contributed by atoms with Crippen LogP contribution in [0.25, 0.3) is 0 Å². The maximum absolute atomic E-state index is 10.9. The monoisotopic (exact) mass is 855 g/mol. The molecule has 10 nitrogen and oxygen atoms in total. The molecule has 0 radical (unpaired) electrons. The Kier molecular flexibility index (Phi) is 49.7. The van der Waals surface area contributed by atoms with Gasteiger partial charge >= 0.3 is 0 Å². The van der Waals surface area contributed by atoms with E-state index >= 15 is 0 Å². The molecule has 0 saturated carbocycles. The number of phosphoric acid groups is 1. The van der Waals surface area contributed by atoms with Gasteiger partial charge in [-0.25, -0.2) is 0 Å². The van der Waals surface area contributed by atoms with E-state index in [0.29, 0.717) is 13.2 Å². The molecule has 0 fully saturated rings. The normalized spacial score (nSPS) is 12.6. The van der Waals surface area contributed by atoms with Crippen LogP contribution < -0.4 is 9.79 Å². The van der Waals surface area contributed by atoms with Crippen molar-refractivity contribution in [2.45, 2.75) is 213 Å². The molecule has 58 heavy (non-hydrogen) atoms. The first kappa shape index (κ1) is 62.2. The average molecular weight is 855 g/mol. The number of unbranched alkanes of at least 4 members (excludes halogenated alkanes) is 28. The van der Waals surface area contributed by atoms with Crippen molar-refractivity contribution in [2.24, 2.45) is 0 Å². The number of aliphatic hydroxyl groups excluding tert-OH is 2. The van der Waals surface area contributed by atoms with Crippen molar-refractivity contribution < 1.29 is 47.5 Å². The Morgan fingerprint density at radius 3 is 0.966 bits per heavy atom. The van der Waals surface area contributed by atoms with E-state index in [9.17, 15) is 14.4 Å².